The smallest absolute Gasteiger partial charge is 0.336 e. The third-order valence-electron chi connectivity index (χ3n) is 4.60. The minimum absolute atomic E-state index is 0.0649. The standard InChI is InChI=1S/C24H27NO6/c1-4-5-6-8-18(19-11-16-22(29-2)23(17-19)30-3)9-7-10-24(26)31-21-14-12-20(13-15-21)25(27)28/h7,9-17H,4-6,8H2,1-3H3/b10-7+,18-9-. The quantitative estimate of drug-likeness (QED) is 0.0868. The van der Waals surface area contributed by atoms with Crippen LogP contribution >= 0.6 is 0 Å². The lowest BCUT2D eigenvalue weighted by atomic mass is 9.98. The normalized spacial score (nSPS) is 11.4. The Hall–Kier alpha value is -3.61. The monoisotopic (exact) mass is 425 g/mol. The second-order valence-corrected chi connectivity index (χ2v) is 6.75. The SMILES string of the molecule is CCCCC/C(=C/C=C/C(=O)Oc1ccc([N+](=O)[O-])cc1)c1ccc(OC)c(OC)c1. The highest BCUT2D eigenvalue weighted by Gasteiger charge is 2.09. The number of benzene rings is 2. The topological polar surface area (TPSA) is 87.9 Å². The van der Waals surface area contributed by atoms with Crippen molar-refractivity contribution in [1.29, 1.82) is 0 Å². The Labute approximate surface area is 182 Å². The molecule has 2 aromatic rings. The van der Waals surface area contributed by atoms with Crippen molar-refractivity contribution in [3.63, 3.8) is 0 Å². The van der Waals surface area contributed by atoms with Gasteiger partial charge in [0.25, 0.3) is 5.69 Å². The van der Waals surface area contributed by atoms with E-state index in [1.807, 2.05) is 24.3 Å². The summed E-state index contributed by atoms with van der Waals surface area (Å²) in [7, 11) is 3.19. The van der Waals surface area contributed by atoms with Gasteiger partial charge in [-0.25, -0.2) is 4.79 Å². The van der Waals surface area contributed by atoms with Gasteiger partial charge >= 0.3 is 5.97 Å². The Bertz CT molecular complexity index is 947. The van der Waals surface area contributed by atoms with Gasteiger partial charge < -0.3 is 14.2 Å². The largest absolute Gasteiger partial charge is 0.493 e. The average Bonchev–Trinajstić information content (AvgIpc) is 2.78. The molecule has 0 aliphatic carbocycles. The van der Waals surface area contributed by atoms with Crippen molar-refractivity contribution in [3.05, 3.63) is 76.4 Å². The zero-order chi connectivity index (χ0) is 22.6. The lowest BCUT2D eigenvalue weighted by Crippen LogP contribution is -2.03. The first-order valence-corrected chi connectivity index (χ1v) is 10.0. The second kappa shape index (κ2) is 12.2. The number of nitro benzene ring substituents is 1. The minimum Gasteiger partial charge on any atom is -0.493 e. The molecule has 0 unspecified atom stereocenters. The van der Waals surface area contributed by atoms with E-state index in [2.05, 4.69) is 6.92 Å². The third-order valence-corrected chi connectivity index (χ3v) is 4.60. The molecular weight excluding hydrogens is 398 g/mol. The fourth-order valence-electron chi connectivity index (χ4n) is 2.95. The van der Waals surface area contributed by atoms with E-state index < -0.39 is 10.9 Å². The van der Waals surface area contributed by atoms with Crippen LogP contribution in [0.2, 0.25) is 0 Å². The molecule has 2 aromatic carbocycles. The molecule has 0 fully saturated rings. The van der Waals surface area contributed by atoms with Crippen molar-refractivity contribution in [1.82, 2.24) is 0 Å². The number of nitro groups is 1. The van der Waals surface area contributed by atoms with Crippen LogP contribution in [0.4, 0.5) is 5.69 Å². The number of hydrogen-bond acceptors (Lipinski definition) is 6. The van der Waals surface area contributed by atoms with Crippen LogP contribution in [0.25, 0.3) is 5.57 Å². The van der Waals surface area contributed by atoms with Crippen LogP contribution in [-0.4, -0.2) is 25.1 Å². The summed E-state index contributed by atoms with van der Waals surface area (Å²) in [4.78, 5) is 22.3. The van der Waals surface area contributed by atoms with E-state index in [-0.39, 0.29) is 11.4 Å². The molecule has 0 radical (unpaired) electrons. The second-order valence-electron chi connectivity index (χ2n) is 6.75. The number of carbonyl (C=O) groups excluding carboxylic acids is 1. The molecule has 0 saturated heterocycles. The number of ether oxygens (including phenoxy) is 3. The van der Waals surface area contributed by atoms with Gasteiger partial charge in [-0.1, -0.05) is 38.0 Å². The molecule has 0 bridgehead atoms. The number of allylic oxidation sites excluding steroid dienone is 3. The first-order chi connectivity index (χ1) is 15.0. The van der Waals surface area contributed by atoms with E-state index >= 15 is 0 Å². The summed E-state index contributed by atoms with van der Waals surface area (Å²) in [6, 6.07) is 11.1. The number of hydrogen-bond donors (Lipinski definition) is 0. The van der Waals surface area contributed by atoms with Gasteiger partial charge in [-0.05, 0) is 48.2 Å². The number of non-ortho nitro benzene ring substituents is 1. The van der Waals surface area contributed by atoms with Crippen LogP contribution in [0.5, 0.6) is 17.2 Å². The number of methoxy groups -OCH3 is 2. The van der Waals surface area contributed by atoms with Crippen molar-refractivity contribution in [2.45, 2.75) is 32.6 Å². The van der Waals surface area contributed by atoms with Crippen molar-refractivity contribution in [2.24, 2.45) is 0 Å². The van der Waals surface area contributed by atoms with E-state index in [1.165, 1.54) is 30.3 Å². The summed E-state index contributed by atoms with van der Waals surface area (Å²) in [6.07, 6.45) is 8.94. The van der Waals surface area contributed by atoms with Crippen molar-refractivity contribution >= 4 is 17.2 Å². The highest BCUT2D eigenvalue weighted by atomic mass is 16.6. The third kappa shape index (κ3) is 7.29. The Morgan fingerprint density at radius 2 is 1.74 bits per heavy atom. The summed E-state index contributed by atoms with van der Waals surface area (Å²) < 4.78 is 15.9. The molecule has 0 atom stereocenters. The van der Waals surface area contributed by atoms with E-state index in [0.29, 0.717) is 11.5 Å². The van der Waals surface area contributed by atoms with E-state index in [1.54, 1.807) is 20.3 Å². The summed E-state index contributed by atoms with van der Waals surface area (Å²) in [5.41, 5.74) is 1.99. The maximum Gasteiger partial charge on any atom is 0.336 e. The highest BCUT2D eigenvalue weighted by molar-refractivity contribution is 5.85. The van der Waals surface area contributed by atoms with E-state index in [4.69, 9.17) is 14.2 Å². The number of unbranched alkanes of at least 4 members (excludes halogenated alkanes) is 2. The van der Waals surface area contributed by atoms with Crippen molar-refractivity contribution < 1.29 is 23.9 Å². The Balaban J connectivity index is 2.14. The molecule has 0 aromatic heterocycles. The molecule has 31 heavy (non-hydrogen) atoms. The minimum atomic E-state index is -0.565. The van der Waals surface area contributed by atoms with Crippen LogP contribution < -0.4 is 14.2 Å². The van der Waals surface area contributed by atoms with Gasteiger partial charge in [0, 0.05) is 18.2 Å². The summed E-state index contributed by atoms with van der Waals surface area (Å²) in [5, 5.41) is 10.7. The van der Waals surface area contributed by atoms with Gasteiger partial charge in [-0.3, -0.25) is 10.1 Å². The first-order valence-electron chi connectivity index (χ1n) is 10.0. The Kier molecular flexibility index (Phi) is 9.29. The molecule has 0 spiro atoms. The fourth-order valence-corrected chi connectivity index (χ4v) is 2.95. The number of rotatable bonds is 11. The molecule has 0 heterocycles. The zero-order valence-corrected chi connectivity index (χ0v) is 18.0. The fraction of sp³-hybridized carbons (Fsp3) is 0.292. The van der Waals surface area contributed by atoms with Crippen LogP contribution in [0.15, 0.2) is 60.7 Å². The van der Waals surface area contributed by atoms with Gasteiger partial charge in [0.1, 0.15) is 5.75 Å². The maximum atomic E-state index is 12.1. The molecule has 164 valence electrons. The molecule has 7 heteroatoms. The molecule has 2 rings (SSSR count). The Morgan fingerprint density at radius 1 is 1.03 bits per heavy atom. The predicted octanol–water partition coefficient (Wildman–Crippen LogP) is 5.74. The van der Waals surface area contributed by atoms with Crippen LogP contribution in [0, 0.1) is 10.1 Å². The number of esters is 1. The van der Waals surface area contributed by atoms with Gasteiger partial charge in [0.05, 0.1) is 19.1 Å². The van der Waals surface area contributed by atoms with Gasteiger partial charge in [-0.15, -0.1) is 0 Å². The molecule has 7 nitrogen and oxygen atoms in total. The van der Waals surface area contributed by atoms with Crippen molar-refractivity contribution in [3.8, 4) is 17.2 Å². The molecule has 0 aliphatic rings. The molecule has 0 aliphatic heterocycles. The zero-order valence-electron chi connectivity index (χ0n) is 18.0. The van der Waals surface area contributed by atoms with E-state index in [9.17, 15) is 14.9 Å². The molecular formula is C24H27NO6. The number of nitrogens with zero attached hydrogens (tertiary/aromatic N) is 1. The van der Waals surface area contributed by atoms with Crippen LogP contribution in [-0.2, 0) is 4.79 Å². The Morgan fingerprint density at radius 3 is 2.35 bits per heavy atom. The highest BCUT2D eigenvalue weighted by Crippen LogP contribution is 2.32. The van der Waals surface area contributed by atoms with Gasteiger partial charge in [0.2, 0.25) is 0 Å². The summed E-state index contributed by atoms with van der Waals surface area (Å²) >= 11 is 0. The van der Waals surface area contributed by atoms with Crippen molar-refractivity contribution in [2.75, 3.05) is 14.2 Å². The maximum absolute atomic E-state index is 12.1. The summed E-state index contributed by atoms with van der Waals surface area (Å²) in [5.74, 6) is 0.974. The van der Waals surface area contributed by atoms with E-state index in [0.717, 1.165) is 36.8 Å². The van der Waals surface area contributed by atoms with Crippen LogP contribution in [0.1, 0.15) is 38.2 Å². The predicted molar refractivity (Wildman–Crippen MR) is 120 cm³/mol. The summed E-state index contributed by atoms with van der Waals surface area (Å²) in [6.45, 7) is 2.15. The molecule has 0 amide bonds. The average molecular weight is 425 g/mol. The van der Waals surface area contributed by atoms with Gasteiger partial charge in [-0.2, -0.15) is 0 Å². The van der Waals surface area contributed by atoms with Gasteiger partial charge in [0.15, 0.2) is 11.5 Å². The molecule has 0 saturated carbocycles. The van der Waals surface area contributed by atoms with Crippen LogP contribution in [0.3, 0.4) is 0 Å². The molecule has 0 N–H and O–H groups in total. The lowest BCUT2D eigenvalue weighted by molar-refractivity contribution is -0.384. The lowest BCUT2D eigenvalue weighted by Gasteiger charge is -2.12. The number of carbonyl (C=O) groups is 1. The first kappa shape index (κ1) is 23.7.